The quantitative estimate of drug-likeness (QED) is 0.494. The van der Waals surface area contributed by atoms with Crippen LogP contribution in [0, 0.1) is 0 Å². The van der Waals surface area contributed by atoms with Crippen molar-refractivity contribution in [2.75, 3.05) is 84.1 Å². The molecule has 1 aromatic rings. The summed E-state index contributed by atoms with van der Waals surface area (Å²) in [5, 5.41) is 3.39. The van der Waals surface area contributed by atoms with Crippen LogP contribution in [0.25, 0.3) is 0 Å². The Labute approximate surface area is 184 Å². The largest absolute Gasteiger partial charge is 0.379 e. The number of nitrogens with zero attached hydrogens (tertiary/aromatic N) is 7. The second-order valence-electron chi connectivity index (χ2n) is 8.18. The van der Waals surface area contributed by atoms with Crippen molar-refractivity contribution in [2.24, 2.45) is 4.99 Å². The standard InChI is InChI=1S/C21H34N8O2/c1-22-20(29-8-4-18(17-29)26-13-15-31-16-14-26)25-7-3-19(30)27-9-11-28(12-10-27)21-23-5-2-6-24-21/h2,5-6,18H,3-4,7-17H2,1H3,(H,22,25). The second-order valence-corrected chi connectivity index (χ2v) is 8.18. The van der Waals surface area contributed by atoms with E-state index >= 15 is 0 Å². The van der Waals surface area contributed by atoms with Crippen LogP contribution in [0.2, 0.25) is 0 Å². The predicted octanol–water partition coefficient (Wildman–Crippen LogP) is -0.503. The number of anilines is 1. The number of nitrogens with one attached hydrogen (secondary N) is 1. The highest BCUT2D eigenvalue weighted by atomic mass is 16.5. The van der Waals surface area contributed by atoms with Crippen LogP contribution < -0.4 is 10.2 Å². The van der Waals surface area contributed by atoms with Gasteiger partial charge < -0.3 is 24.8 Å². The first kappa shape index (κ1) is 21.8. The van der Waals surface area contributed by atoms with E-state index in [1.54, 1.807) is 12.4 Å². The summed E-state index contributed by atoms with van der Waals surface area (Å²) in [4.78, 5) is 34.6. The van der Waals surface area contributed by atoms with Gasteiger partial charge in [0.2, 0.25) is 11.9 Å². The number of aromatic nitrogens is 2. The summed E-state index contributed by atoms with van der Waals surface area (Å²) in [6.07, 6.45) is 5.13. The van der Waals surface area contributed by atoms with E-state index in [1.807, 2.05) is 18.0 Å². The molecule has 0 saturated carbocycles. The number of amides is 1. The normalized spacial score (nSPS) is 23.3. The minimum atomic E-state index is 0.184. The highest BCUT2D eigenvalue weighted by Crippen LogP contribution is 2.17. The van der Waals surface area contributed by atoms with Crippen molar-refractivity contribution >= 4 is 17.8 Å². The summed E-state index contributed by atoms with van der Waals surface area (Å²) >= 11 is 0. The third-order valence-corrected chi connectivity index (χ3v) is 6.33. The smallest absolute Gasteiger partial charge is 0.225 e. The van der Waals surface area contributed by atoms with E-state index in [9.17, 15) is 4.79 Å². The van der Waals surface area contributed by atoms with Crippen LogP contribution >= 0.6 is 0 Å². The monoisotopic (exact) mass is 430 g/mol. The van der Waals surface area contributed by atoms with Crippen LogP contribution in [0.5, 0.6) is 0 Å². The summed E-state index contributed by atoms with van der Waals surface area (Å²) in [6.45, 7) is 9.23. The van der Waals surface area contributed by atoms with Gasteiger partial charge in [-0.15, -0.1) is 0 Å². The average Bonchev–Trinajstić information content (AvgIpc) is 3.33. The predicted molar refractivity (Wildman–Crippen MR) is 119 cm³/mol. The molecule has 0 spiro atoms. The van der Waals surface area contributed by atoms with Gasteiger partial charge in [0.05, 0.1) is 13.2 Å². The summed E-state index contributed by atoms with van der Waals surface area (Å²) in [5.74, 6) is 1.82. The van der Waals surface area contributed by atoms with E-state index in [4.69, 9.17) is 4.74 Å². The average molecular weight is 431 g/mol. The lowest BCUT2D eigenvalue weighted by atomic mass is 10.2. The van der Waals surface area contributed by atoms with Crippen molar-refractivity contribution in [3.63, 3.8) is 0 Å². The fourth-order valence-electron chi connectivity index (χ4n) is 4.56. The molecule has 0 bridgehead atoms. The van der Waals surface area contributed by atoms with Gasteiger partial charge in [-0.2, -0.15) is 0 Å². The van der Waals surface area contributed by atoms with Gasteiger partial charge in [-0.1, -0.05) is 0 Å². The Kier molecular flexibility index (Phi) is 7.52. The lowest BCUT2D eigenvalue weighted by Crippen LogP contribution is -2.50. The number of hydrogen-bond donors (Lipinski definition) is 1. The van der Waals surface area contributed by atoms with Crippen molar-refractivity contribution in [1.82, 2.24) is 30.0 Å². The molecule has 0 aliphatic carbocycles. The van der Waals surface area contributed by atoms with Crippen LogP contribution in [0.3, 0.4) is 0 Å². The van der Waals surface area contributed by atoms with E-state index in [0.29, 0.717) is 32.1 Å². The number of carbonyl (C=O) groups excluding carboxylic acids is 1. The maximum Gasteiger partial charge on any atom is 0.225 e. The number of carbonyl (C=O) groups is 1. The summed E-state index contributed by atoms with van der Waals surface area (Å²) in [6, 6.07) is 2.38. The fourth-order valence-corrected chi connectivity index (χ4v) is 4.56. The van der Waals surface area contributed by atoms with Crippen molar-refractivity contribution in [2.45, 2.75) is 18.9 Å². The van der Waals surface area contributed by atoms with Gasteiger partial charge in [0.25, 0.3) is 0 Å². The first-order valence-electron chi connectivity index (χ1n) is 11.3. The minimum absolute atomic E-state index is 0.184. The molecule has 0 radical (unpaired) electrons. The number of aliphatic imine (C=N–C) groups is 1. The zero-order valence-corrected chi connectivity index (χ0v) is 18.4. The molecule has 1 atom stereocenters. The van der Waals surface area contributed by atoms with Gasteiger partial charge in [0, 0.05) is 90.8 Å². The fraction of sp³-hybridized carbons (Fsp3) is 0.714. The zero-order chi connectivity index (χ0) is 21.5. The summed E-state index contributed by atoms with van der Waals surface area (Å²) in [7, 11) is 1.82. The van der Waals surface area contributed by atoms with Crippen molar-refractivity contribution in [3.8, 4) is 0 Å². The van der Waals surface area contributed by atoms with Crippen molar-refractivity contribution < 1.29 is 9.53 Å². The molecule has 170 valence electrons. The molecule has 1 amide bonds. The molecule has 0 aromatic carbocycles. The van der Waals surface area contributed by atoms with Crippen molar-refractivity contribution in [3.05, 3.63) is 18.5 Å². The molecule has 3 aliphatic rings. The van der Waals surface area contributed by atoms with Crippen LogP contribution in [0.15, 0.2) is 23.5 Å². The molecule has 3 fully saturated rings. The van der Waals surface area contributed by atoms with E-state index in [2.05, 4.69) is 35.0 Å². The summed E-state index contributed by atoms with van der Waals surface area (Å²) in [5.41, 5.74) is 0. The third-order valence-electron chi connectivity index (χ3n) is 6.33. The highest BCUT2D eigenvalue weighted by molar-refractivity contribution is 5.81. The summed E-state index contributed by atoms with van der Waals surface area (Å²) < 4.78 is 5.47. The molecule has 4 rings (SSSR count). The number of morpholine rings is 1. The number of hydrogen-bond acceptors (Lipinski definition) is 7. The number of rotatable bonds is 5. The molecule has 1 N–H and O–H groups in total. The lowest BCUT2D eigenvalue weighted by Gasteiger charge is -2.34. The SMILES string of the molecule is CN=C(NCCC(=O)N1CCN(c2ncccn2)CC1)N1CCC(N2CCOCC2)C1. The van der Waals surface area contributed by atoms with Gasteiger partial charge in [0.1, 0.15) is 0 Å². The van der Waals surface area contributed by atoms with E-state index in [0.717, 1.165) is 70.8 Å². The first-order chi connectivity index (χ1) is 15.2. The lowest BCUT2D eigenvalue weighted by molar-refractivity contribution is -0.131. The van der Waals surface area contributed by atoms with Gasteiger partial charge in [-0.25, -0.2) is 9.97 Å². The Balaban J connectivity index is 1.17. The number of guanidine groups is 1. The van der Waals surface area contributed by atoms with Crippen LogP contribution in [-0.2, 0) is 9.53 Å². The molecule has 4 heterocycles. The maximum atomic E-state index is 12.7. The molecule has 10 heteroatoms. The third kappa shape index (κ3) is 5.62. The number of piperazine rings is 1. The molecule has 3 aliphatic heterocycles. The van der Waals surface area contributed by atoms with Gasteiger partial charge >= 0.3 is 0 Å². The van der Waals surface area contributed by atoms with Crippen LogP contribution in [0.1, 0.15) is 12.8 Å². The minimum Gasteiger partial charge on any atom is -0.379 e. The Morgan fingerprint density at radius 2 is 1.84 bits per heavy atom. The second kappa shape index (κ2) is 10.7. The zero-order valence-electron chi connectivity index (χ0n) is 18.4. The molecular formula is C21H34N8O2. The Hall–Kier alpha value is -2.46. The number of likely N-dealkylation sites (tertiary alicyclic amines) is 1. The van der Waals surface area contributed by atoms with Crippen molar-refractivity contribution in [1.29, 1.82) is 0 Å². The molecule has 10 nitrogen and oxygen atoms in total. The maximum absolute atomic E-state index is 12.7. The highest BCUT2D eigenvalue weighted by Gasteiger charge is 2.30. The molecule has 1 unspecified atom stereocenters. The van der Waals surface area contributed by atoms with Crippen LogP contribution in [0.4, 0.5) is 5.95 Å². The van der Waals surface area contributed by atoms with Gasteiger partial charge in [-0.3, -0.25) is 14.7 Å². The molecule has 31 heavy (non-hydrogen) atoms. The van der Waals surface area contributed by atoms with E-state index in [1.165, 1.54) is 0 Å². The Morgan fingerprint density at radius 1 is 1.10 bits per heavy atom. The van der Waals surface area contributed by atoms with E-state index < -0.39 is 0 Å². The number of ether oxygens (including phenoxy) is 1. The first-order valence-corrected chi connectivity index (χ1v) is 11.3. The van der Waals surface area contributed by atoms with E-state index in [-0.39, 0.29) is 5.91 Å². The Bertz CT molecular complexity index is 732. The molecule has 3 saturated heterocycles. The topological polar surface area (TPSA) is 89.4 Å². The van der Waals surface area contributed by atoms with Crippen LogP contribution in [-0.4, -0.2) is 122 Å². The molecule has 1 aromatic heterocycles. The van der Waals surface area contributed by atoms with Gasteiger partial charge in [-0.05, 0) is 12.5 Å². The Morgan fingerprint density at radius 3 is 2.55 bits per heavy atom. The molecular weight excluding hydrogens is 396 g/mol. The van der Waals surface area contributed by atoms with Gasteiger partial charge in [0.15, 0.2) is 5.96 Å².